The van der Waals surface area contributed by atoms with Crippen LogP contribution in [0.5, 0.6) is 0 Å². The zero-order valence-electron chi connectivity index (χ0n) is 13.2. The normalized spacial score (nSPS) is 21.4. The molecule has 1 aliphatic heterocycles. The van der Waals surface area contributed by atoms with E-state index in [2.05, 4.69) is 5.32 Å². The molecule has 0 bridgehead atoms. The molecule has 1 aromatic heterocycles. The van der Waals surface area contributed by atoms with Crippen LogP contribution in [0.15, 0.2) is 15.7 Å². The number of hydrogen-bond acceptors (Lipinski definition) is 4. The van der Waals surface area contributed by atoms with E-state index >= 15 is 0 Å². The van der Waals surface area contributed by atoms with Gasteiger partial charge >= 0.3 is 11.7 Å². The van der Waals surface area contributed by atoms with Gasteiger partial charge in [-0.3, -0.25) is 23.6 Å². The second-order valence-corrected chi connectivity index (χ2v) is 5.78. The van der Waals surface area contributed by atoms with E-state index in [-0.39, 0.29) is 12.5 Å². The van der Waals surface area contributed by atoms with Gasteiger partial charge in [0.2, 0.25) is 0 Å². The predicted molar refractivity (Wildman–Crippen MR) is 79.3 cm³/mol. The quantitative estimate of drug-likeness (QED) is 0.772. The van der Waals surface area contributed by atoms with Gasteiger partial charge in [0.15, 0.2) is 0 Å². The van der Waals surface area contributed by atoms with Gasteiger partial charge in [-0.05, 0) is 13.3 Å². The molecular formula is C14H20N4O4. The number of amides is 3. The fourth-order valence-corrected chi connectivity index (χ4v) is 2.65. The Labute approximate surface area is 127 Å². The largest absolute Gasteiger partial charge is 0.330 e. The van der Waals surface area contributed by atoms with Crippen molar-refractivity contribution < 1.29 is 9.59 Å². The van der Waals surface area contributed by atoms with Crippen LogP contribution < -0.4 is 16.6 Å². The molecule has 0 aromatic carbocycles. The van der Waals surface area contributed by atoms with E-state index in [1.807, 2.05) is 6.92 Å². The van der Waals surface area contributed by atoms with E-state index in [0.717, 1.165) is 15.9 Å². The van der Waals surface area contributed by atoms with E-state index in [0.29, 0.717) is 12.1 Å². The van der Waals surface area contributed by atoms with Crippen molar-refractivity contribution >= 4 is 11.9 Å². The summed E-state index contributed by atoms with van der Waals surface area (Å²) in [6.07, 6.45) is 1.28. The first-order valence-corrected chi connectivity index (χ1v) is 7.11. The number of carbonyl (C=O) groups excluding carboxylic acids is 2. The Bertz CT molecular complexity index is 748. The highest BCUT2D eigenvalue weighted by atomic mass is 16.2. The summed E-state index contributed by atoms with van der Waals surface area (Å²) in [5.74, 6) is -0.340. The van der Waals surface area contributed by atoms with Crippen LogP contribution in [0.3, 0.4) is 0 Å². The van der Waals surface area contributed by atoms with Gasteiger partial charge in [0.1, 0.15) is 5.54 Å². The third-order valence-electron chi connectivity index (χ3n) is 4.04. The third-order valence-corrected chi connectivity index (χ3v) is 4.04. The summed E-state index contributed by atoms with van der Waals surface area (Å²) < 4.78 is 2.23. The van der Waals surface area contributed by atoms with Crippen molar-refractivity contribution in [1.82, 2.24) is 19.4 Å². The lowest BCUT2D eigenvalue weighted by atomic mass is 9.96. The zero-order chi connectivity index (χ0) is 16.7. The lowest BCUT2D eigenvalue weighted by Crippen LogP contribution is -2.44. The molecule has 0 spiro atoms. The van der Waals surface area contributed by atoms with Gasteiger partial charge in [-0.15, -0.1) is 0 Å². The molecule has 0 aliphatic carbocycles. The van der Waals surface area contributed by atoms with Crippen molar-refractivity contribution in [3.8, 4) is 0 Å². The maximum atomic E-state index is 12.5. The van der Waals surface area contributed by atoms with E-state index in [4.69, 9.17) is 0 Å². The molecule has 120 valence electrons. The molecule has 2 heterocycles. The molecule has 1 saturated heterocycles. The summed E-state index contributed by atoms with van der Waals surface area (Å²) in [5.41, 5.74) is -1.57. The van der Waals surface area contributed by atoms with Crippen LogP contribution in [-0.4, -0.2) is 31.5 Å². The van der Waals surface area contributed by atoms with E-state index in [1.54, 1.807) is 6.92 Å². The fourth-order valence-electron chi connectivity index (χ4n) is 2.65. The number of nitrogens with zero attached hydrogens (tertiary/aromatic N) is 3. The maximum Gasteiger partial charge on any atom is 0.330 e. The first kappa shape index (κ1) is 16.0. The van der Waals surface area contributed by atoms with Gasteiger partial charge in [-0.2, -0.15) is 0 Å². The second kappa shape index (κ2) is 5.43. The van der Waals surface area contributed by atoms with Crippen LogP contribution >= 0.6 is 0 Å². The summed E-state index contributed by atoms with van der Waals surface area (Å²) in [5, 5.41) is 2.68. The Kier molecular flexibility index (Phi) is 3.95. The Morgan fingerprint density at radius 2 is 1.77 bits per heavy atom. The highest BCUT2D eigenvalue weighted by molar-refractivity contribution is 6.06. The minimum atomic E-state index is -0.926. The maximum absolute atomic E-state index is 12.5. The average Bonchev–Trinajstić information content (AvgIpc) is 2.66. The van der Waals surface area contributed by atoms with Crippen molar-refractivity contribution in [2.24, 2.45) is 14.1 Å². The fraction of sp³-hybridized carbons (Fsp3) is 0.571. The Balaban J connectivity index is 2.36. The van der Waals surface area contributed by atoms with E-state index in [1.165, 1.54) is 24.7 Å². The molecule has 2 rings (SSSR count). The number of imide groups is 1. The van der Waals surface area contributed by atoms with Gasteiger partial charge < -0.3 is 5.32 Å². The van der Waals surface area contributed by atoms with Crippen LogP contribution in [0.25, 0.3) is 0 Å². The van der Waals surface area contributed by atoms with Gasteiger partial charge in [0.25, 0.3) is 11.5 Å². The average molecular weight is 308 g/mol. The molecule has 0 unspecified atom stereocenters. The first-order valence-electron chi connectivity index (χ1n) is 7.11. The molecule has 22 heavy (non-hydrogen) atoms. The minimum Gasteiger partial charge on any atom is -0.323 e. The number of rotatable bonds is 4. The number of hydrogen-bond donors (Lipinski definition) is 1. The molecule has 1 N–H and O–H groups in total. The first-order chi connectivity index (χ1) is 10.2. The van der Waals surface area contributed by atoms with Gasteiger partial charge in [0.05, 0.1) is 6.54 Å². The van der Waals surface area contributed by atoms with Crippen molar-refractivity contribution in [2.75, 3.05) is 0 Å². The highest BCUT2D eigenvalue weighted by Gasteiger charge is 2.47. The molecule has 1 aliphatic rings. The Morgan fingerprint density at radius 1 is 1.14 bits per heavy atom. The van der Waals surface area contributed by atoms with Crippen LogP contribution in [-0.2, 0) is 25.4 Å². The van der Waals surface area contributed by atoms with Crippen molar-refractivity contribution in [3.63, 3.8) is 0 Å². The van der Waals surface area contributed by atoms with Gasteiger partial charge in [0, 0.05) is 25.9 Å². The number of aromatic nitrogens is 2. The lowest BCUT2D eigenvalue weighted by Gasteiger charge is -2.21. The highest BCUT2D eigenvalue weighted by Crippen LogP contribution is 2.23. The second-order valence-electron chi connectivity index (χ2n) is 5.78. The number of urea groups is 1. The zero-order valence-corrected chi connectivity index (χ0v) is 13.2. The lowest BCUT2D eigenvalue weighted by molar-refractivity contribution is -0.131. The monoisotopic (exact) mass is 308 g/mol. The van der Waals surface area contributed by atoms with E-state index in [9.17, 15) is 19.2 Å². The SMILES string of the molecule is CCC[C@@]1(C)NC(=O)N(Cc2cc(=O)n(C)c(=O)n2C)C1=O. The molecule has 8 nitrogen and oxygen atoms in total. The van der Waals surface area contributed by atoms with Crippen LogP contribution in [0, 0.1) is 0 Å². The standard InChI is InChI=1S/C14H20N4O4/c1-5-6-14(2)11(20)18(12(21)15-14)8-9-7-10(19)17(4)13(22)16(9)3/h7H,5-6,8H2,1-4H3,(H,15,21)/t14-/m1/s1. The van der Waals surface area contributed by atoms with Crippen molar-refractivity contribution in [2.45, 2.75) is 38.8 Å². The minimum absolute atomic E-state index is 0.105. The molecule has 8 heteroatoms. The number of nitrogens with one attached hydrogen (secondary N) is 1. The summed E-state index contributed by atoms with van der Waals surface area (Å²) >= 11 is 0. The van der Waals surface area contributed by atoms with Crippen molar-refractivity contribution in [1.29, 1.82) is 0 Å². The molecular weight excluding hydrogens is 288 g/mol. The third kappa shape index (κ3) is 2.44. The molecule has 3 amide bonds. The summed E-state index contributed by atoms with van der Waals surface area (Å²) in [7, 11) is 2.88. The Morgan fingerprint density at radius 3 is 2.36 bits per heavy atom. The molecule has 0 saturated carbocycles. The topological polar surface area (TPSA) is 93.4 Å². The number of carbonyl (C=O) groups is 2. The van der Waals surface area contributed by atoms with Gasteiger partial charge in [-0.1, -0.05) is 13.3 Å². The van der Waals surface area contributed by atoms with Crippen LogP contribution in [0.1, 0.15) is 32.4 Å². The predicted octanol–water partition coefficient (Wildman–Crippen LogP) is -0.305. The molecule has 0 radical (unpaired) electrons. The summed E-state index contributed by atoms with van der Waals surface area (Å²) in [6, 6.07) is 0.756. The summed E-state index contributed by atoms with van der Waals surface area (Å²) in [6.45, 7) is 3.50. The van der Waals surface area contributed by atoms with Crippen molar-refractivity contribution in [3.05, 3.63) is 32.6 Å². The molecule has 1 aromatic rings. The molecule has 1 atom stereocenters. The van der Waals surface area contributed by atoms with E-state index < -0.39 is 22.8 Å². The smallest absolute Gasteiger partial charge is 0.323 e. The Hall–Kier alpha value is -2.38. The van der Waals surface area contributed by atoms with Gasteiger partial charge in [-0.25, -0.2) is 9.59 Å². The van der Waals surface area contributed by atoms with Crippen LogP contribution in [0.4, 0.5) is 4.79 Å². The summed E-state index contributed by atoms with van der Waals surface area (Å²) in [4.78, 5) is 49.2. The van der Waals surface area contributed by atoms with Crippen LogP contribution in [0.2, 0.25) is 0 Å². The molecule has 1 fully saturated rings.